The van der Waals surface area contributed by atoms with E-state index < -0.39 is 4.92 Å². The second-order valence-corrected chi connectivity index (χ2v) is 3.39. The van der Waals surface area contributed by atoms with Crippen LogP contribution in [0.3, 0.4) is 0 Å². The van der Waals surface area contributed by atoms with E-state index in [9.17, 15) is 10.1 Å². The van der Waals surface area contributed by atoms with Gasteiger partial charge in [0, 0.05) is 18.2 Å². The molecule has 0 spiro atoms. The summed E-state index contributed by atoms with van der Waals surface area (Å²) in [7, 11) is 1.55. The molecule has 0 radical (unpaired) electrons. The number of rotatable bonds is 4. The smallest absolute Gasteiger partial charge is 0.269 e. The van der Waals surface area contributed by atoms with E-state index in [0.29, 0.717) is 17.4 Å². The van der Waals surface area contributed by atoms with Crippen LogP contribution in [0.4, 0.5) is 5.69 Å². The number of nitro benzene ring substituents is 1. The molecule has 6 nitrogen and oxygen atoms in total. The molecule has 0 bridgehead atoms. The molecule has 0 fully saturated rings. The molecule has 0 aliphatic rings. The lowest BCUT2D eigenvalue weighted by atomic mass is 10.3. The van der Waals surface area contributed by atoms with Gasteiger partial charge in [-0.1, -0.05) is 0 Å². The Bertz CT molecular complexity index is 537. The lowest BCUT2D eigenvalue weighted by Gasteiger charge is -2.04. The van der Waals surface area contributed by atoms with Crippen LogP contribution < -0.4 is 9.47 Å². The number of non-ortho nitro benzene ring substituents is 1. The minimum absolute atomic E-state index is 0.0186. The Labute approximate surface area is 103 Å². The first-order valence-corrected chi connectivity index (χ1v) is 5.11. The van der Waals surface area contributed by atoms with Crippen molar-refractivity contribution in [3.8, 4) is 17.4 Å². The Morgan fingerprint density at radius 3 is 2.28 bits per heavy atom. The van der Waals surface area contributed by atoms with Gasteiger partial charge in [0.25, 0.3) is 5.69 Å². The summed E-state index contributed by atoms with van der Waals surface area (Å²) >= 11 is 0. The van der Waals surface area contributed by atoms with Crippen molar-refractivity contribution >= 4 is 5.69 Å². The van der Waals surface area contributed by atoms with Crippen LogP contribution in [0.25, 0.3) is 0 Å². The summed E-state index contributed by atoms with van der Waals surface area (Å²) in [5.41, 5.74) is 0.0186. The van der Waals surface area contributed by atoms with Gasteiger partial charge in [-0.05, 0) is 18.2 Å². The number of hydrogen-bond acceptors (Lipinski definition) is 5. The second kappa shape index (κ2) is 5.13. The maximum atomic E-state index is 10.5. The Morgan fingerprint density at radius 2 is 1.78 bits per heavy atom. The fourth-order valence-electron chi connectivity index (χ4n) is 1.30. The number of pyridine rings is 1. The van der Waals surface area contributed by atoms with Crippen molar-refractivity contribution in [3.63, 3.8) is 0 Å². The molecule has 0 amide bonds. The molecule has 0 saturated carbocycles. The first-order valence-electron chi connectivity index (χ1n) is 5.11. The van der Waals surface area contributed by atoms with Gasteiger partial charge in [0.1, 0.15) is 11.5 Å². The van der Waals surface area contributed by atoms with Crippen LogP contribution in [0.5, 0.6) is 17.4 Å². The molecular weight excluding hydrogens is 236 g/mol. The third-order valence-corrected chi connectivity index (χ3v) is 2.21. The summed E-state index contributed by atoms with van der Waals surface area (Å²) in [5.74, 6) is 1.51. The molecule has 1 aromatic carbocycles. The number of benzene rings is 1. The Hall–Kier alpha value is -2.63. The maximum Gasteiger partial charge on any atom is 0.269 e. The van der Waals surface area contributed by atoms with Gasteiger partial charge in [-0.3, -0.25) is 10.1 Å². The van der Waals surface area contributed by atoms with Gasteiger partial charge >= 0.3 is 0 Å². The normalized spacial score (nSPS) is 9.83. The molecule has 0 atom stereocenters. The van der Waals surface area contributed by atoms with Gasteiger partial charge < -0.3 is 9.47 Å². The molecule has 0 aliphatic heterocycles. The summed E-state index contributed by atoms with van der Waals surface area (Å²) in [6.45, 7) is 0. The zero-order valence-corrected chi connectivity index (χ0v) is 9.57. The lowest BCUT2D eigenvalue weighted by molar-refractivity contribution is -0.384. The molecule has 18 heavy (non-hydrogen) atoms. The monoisotopic (exact) mass is 246 g/mol. The molecule has 1 aromatic heterocycles. The highest BCUT2D eigenvalue weighted by atomic mass is 16.6. The van der Waals surface area contributed by atoms with Crippen LogP contribution in [0.2, 0.25) is 0 Å². The highest BCUT2D eigenvalue weighted by molar-refractivity contribution is 5.37. The van der Waals surface area contributed by atoms with Crippen molar-refractivity contribution in [3.05, 3.63) is 52.7 Å². The van der Waals surface area contributed by atoms with Gasteiger partial charge in [0.05, 0.1) is 18.2 Å². The standard InChI is InChI=1S/C12H10N2O4/c1-17-11-6-7-12(13-8-11)18-10-4-2-9(3-5-10)14(15)16/h2-8H,1H3. The third-order valence-electron chi connectivity index (χ3n) is 2.21. The molecular formula is C12H10N2O4. The average Bonchev–Trinajstić information content (AvgIpc) is 2.40. The number of aromatic nitrogens is 1. The van der Waals surface area contributed by atoms with E-state index in [-0.39, 0.29) is 5.69 Å². The summed E-state index contributed by atoms with van der Waals surface area (Å²) in [6.07, 6.45) is 1.53. The Balaban J connectivity index is 2.10. The Kier molecular flexibility index (Phi) is 3.38. The molecule has 6 heteroatoms. The molecule has 0 unspecified atom stereocenters. The van der Waals surface area contributed by atoms with Crippen molar-refractivity contribution in [1.82, 2.24) is 4.98 Å². The highest BCUT2D eigenvalue weighted by Gasteiger charge is 2.05. The van der Waals surface area contributed by atoms with Gasteiger partial charge in [0.2, 0.25) is 5.88 Å². The predicted molar refractivity (Wildman–Crippen MR) is 64.0 cm³/mol. The van der Waals surface area contributed by atoms with Crippen LogP contribution in [-0.2, 0) is 0 Å². The maximum absolute atomic E-state index is 10.5. The summed E-state index contributed by atoms with van der Waals surface area (Å²) in [5, 5.41) is 10.5. The average molecular weight is 246 g/mol. The number of methoxy groups -OCH3 is 1. The fraction of sp³-hybridized carbons (Fsp3) is 0.0833. The number of ether oxygens (including phenoxy) is 2. The minimum Gasteiger partial charge on any atom is -0.495 e. The molecule has 1 heterocycles. The van der Waals surface area contributed by atoms with E-state index in [1.165, 1.54) is 30.5 Å². The first kappa shape index (κ1) is 11.8. The third kappa shape index (κ3) is 2.73. The largest absolute Gasteiger partial charge is 0.495 e. The van der Waals surface area contributed by atoms with E-state index in [2.05, 4.69) is 4.98 Å². The summed E-state index contributed by atoms with van der Waals surface area (Å²) < 4.78 is 10.4. The van der Waals surface area contributed by atoms with Crippen molar-refractivity contribution in [2.24, 2.45) is 0 Å². The number of nitro groups is 1. The van der Waals surface area contributed by atoms with Crippen LogP contribution >= 0.6 is 0 Å². The van der Waals surface area contributed by atoms with Crippen molar-refractivity contribution < 1.29 is 14.4 Å². The lowest BCUT2D eigenvalue weighted by Crippen LogP contribution is -1.90. The fourth-order valence-corrected chi connectivity index (χ4v) is 1.30. The van der Waals surface area contributed by atoms with Crippen LogP contribution in [0.1, 0.15) is 0 Å². The molecule has 2 aromatic rings. The van der Waals surface area contributed by atoms with Crippen LogP contribution in [-0.4, -0.2) is 17.0 Å². The van der Waals surface area contributed by atoms with E-state index >= 15 is 0 Å². The highest BCUT2D eigenvalue weighted by Crippen LogP contribution is 2.23. The summed E-state index contributed by atoms with van der Waals surface area (Å²) in [4.78, 5) is 14.0. The molecule has 0 N–H and O–H groups in total. The van der Waals surface area contributed by atoms with Crippen molar-refractivity contribution in [2.45, 2.75) is 0 Å². The van der Waals surface area contributed by atoms with Crippen LogP contribution in [0.15, 0.2) is 42.6 Å². The van der Waals surface area contributed by atoms with E-state index in [1.54, 1.807) is 19.2 Å². The quantitative estimate of drug-likeness (QED) is 0.612. The van der Waals surface area contributed by atoms with Gasteiger partial charge in [-0.2, -0.15) is 0 Å². The van der Waals surface area contributed by atoms with Crippen molar-refractivity contribution in [2.75, 3.05) is 7.11 Å². The first-order chi connectivity index (χ1) is 8.69. The second-order valence-electron chi connectivity index (χ2n) is 3.39. The molecule has 0 saturated heterocycles. The molecule has 92 valence electrons. The van der Waals surface area contributed by atoms with E-state index in [4.69, 9.17) is 9.47 Å². The van der Waals surface area contributed by atoms with E-state index in [0.717, 1.165) is 0 Å². The van der Waals surface area contributed by atoms with Gasteiger partial charge in [-0.25, -0.2) is 4.98 Å². The van der Waals surface area contributed by atoms with Gasteiger partial charge in [-0.15, -0.1) is 0 Å². The zero-order valence-electron chi connectivity index (χ0n) is 9.57. The van der Waals surface area contributed by atoms with Crippen LogP contribution in [0, 0.1) is 10.1 Å². The van der Waals surface area contributed by atoms with Gasteiger partial charge in [0.15, 0.2) is 0 Å². The van der Waals surface area contributed by atoms with Crippen molar-refractivity contribution in [1.29, 1.82) is 0 Å². The minimum atomic E-state index is -0.463. The molecule has 0 aliphatic carbocycles. The number of nitrogens with zero attached hydrogens (tertiary/aromatic N) is 2. The molecule has 2 rings (SSSR count). The zero-order chi connectivity index (χ0) is 13.0. The van der Waals surface area contributed by atoms with E-state index in [1.807, 2.05) is 0 Å². The summed E-state index contributed by atoms with van der Waals surface area (Å²) in [6, 6.07) is 9.15. The Morgan fingerprint density at radius 1 is 1.11 bits per heavy atom. The SMILES string of the molecule is COc1ccc(Oc2ccc([N+](=O)[O-])cc2)nc1. The predicted octanol–water partition coefficient (Wildman–Crippen LogP) is 2.79. The topological polar surface area (TPSA) is 74.5 Å². The number of hydrogen-bond donors (Lipinski definition) is 0.